The highest BCUT2D eigenvalue weighted by Crippen LogP contribution is 2.22. The van der Waals surface area contributed by atoms with Gasteiger partial charge in [-0.2, -0.15) is 0 Å². The number of piperidine rings is 1. The van der Waals surface area contributed by atoms with Gasteiger partial charge >= 0.3 is 0 Å². The van der Waals surface area contributed by atoms with E-state index < -0.39 is 0 Å². The van der Waals surface area contributed by atoms with Crippen LogP contribution < -0.4 is 10.1 Å². The maximum Gasteiger partial charge on any atom is 0.226 e. The van der Waals surface area contributed by atoms with E-state index in [4.69, 9.17) is 9.47 Å². The SMILES string of the molecule is COc1cccc(CN(CC2CCCO2)C(=O)C2CCNCC2)c1.Cl. The van der Waals surface area contributed by atoms with Crippen LogP contribution in [-0.4, -0.2) is 50.3 Å². The molecule has 6 heteroatoms. The average Bonchev–Trinajstić information content (AvgIpc) is 3.14. The molecule has 140 valence electrons. The van der Waals surface area contributed by atoms with Crippen LogP contribution in [0.3, 0.4) is 0 Å². The first-order valence-electron chi connectivity index (χ1n) is 9.00. The lowest BCUT2D eigenvalue weighted by Crippen LogP contribution is -2.43. The van der Waals surface area contributed by atoms with Gasteiger partial charge in [-0.1, -0.05) is 12.1 Å². The smallest absolute Gasteiger partial charge is 0.226 e. The van der Waals surface area contributed by atoms with Crippen molar-refractivity contribution in [1.82, 2.24) is 10.2 Å². The molecule has 0 saturated carbocycles. The number of hydrogen-bond acceptors (Lipinski definition) is 4. The summed E-state index contributed by atoms with van der Waals surface area (Å²) in [6, 6.07) is 7.98. The predicted molar refractivity (Wildman–Crippen MR) is 100 cm³/mol. The van der Waals surface area contributed by atoms with Crippen molar-refractivity contribution in [3.8, 4) is 5.75 Å². The summed E-state index contributed by atoms with van der Waals surface area (Å²) in [6.07, 6.45) is 4.19. The minimum absolute atomic E-state index is 0. The number of benzene rings is 1. The molecule has 2 saturated heterocycles. The number of nitrogens with one attached hydrogen (secondary N) is 1. The third-order valence-corrected chi connectivity index (χ3v) is 4.96. The summed E-state index contributed by atoms with van der Waals surface area (Å²) in [7, 11) is 1.67. The van der Waals surface area contributed by atoms with Gasteiger partial charge in [0.25, 0.3) is 0 Å². The van der Waals surface area contributed by atoms with Crippen LogP contribution in [0.15, 0.2) is 24.3 Å². The van der Waals surface area contributed by atoms with E-state index in [0.717, 1.165) is 56.7 Å². The number of hydrogen-bond donors (Lipinski definition) is 1. The van der Waals surface area contributed by atoms with Crippen molar-refractivity contribution in [3.05, 3.63) is 29.8 Å². The summed E-state index contributed by atoms with van der Waals surface area (Å²) < 4.78 is 11.1. The molecule has 2 aliphatic rings. The fraction of sp³-hybridized carbons (Fsp3) is 0.632. The molecule has 0 aromatic heterocycles. The van der Waals surface area contributed by atoms with E-state index in [1.165, 1.54) is 0 Å². The lowest BCUT2D eigenvalue weighted by molar-refractivity contribution is -0.138. The summed E-state index contributed by atoms with van der Waals surface area (Å²) in [5.74, 6) is 1.24. The van der Waals surface area contributed by atoms with Crippen LogP contribution >= 0.6 is 12.4 Å². The van der Waals surface area contributed by atoms with Crippen LogP contribution in [0.25, 0.3) is 0 Å². The van der Waals surface area contributed by atoms with Gasteiger partial charge in [-0.15, -0.1) is 12.4 Å². The third-order valence-electron chi connectivity index (χ3n) is 4.96. The number of ether oxygens (including phenoxy) is 2. The molecule has 1 unspecified atom stereocenters. The molecule has 2 aliphatic heterocycles. The highest BCUT2D eigenvalue weighted by Gasteiger charge is 2.29. The first-order chi connectivity index (χ1) is 11.8. The van der Waals surface area contributed by atoms with Crippen LogP contribution in [-0.2, 0) is 16.1 Å². The van der Waals surface area contributed by atoms with E-state index in [2.05, 4.69) is 11.4 Å². The molecule has 0 radical (unpaired) electrons. The van der Waals surface area contributed by atoms with Gasteiger partial charge in [-0.05, 0) is 56.5 Å². The quantitative estimate of drug-likeness (QED) is 0.838. The second-order valence-electron chi connectivity index (χ2n) is 6.73. The van der Waals surface area contributed by atoms with Gasteiger partial charge in [0.2, 0.25) is 5.91 Å². The summed E-state index contributed by atoms with van der Waals surface area (Å²) in [5.41, 5.74) is 1.11. The highest BCUT2D eigenvalue weighted by molar-refractivity contribution is 5.85. The lowest BCUT2D eigenvalue weighted by atomic mass is 9.96. The number of amides is 1. The molecule has 5 nitrogen and oxygen atoms in total. The zero-order valence-corrected chi connectivity index (χ0v) is 15.7. The zero-order valence-electron chi connectivity index (χ0n) is 14.9. The molecule has 1 amide bonds. The van der Waals surface area contributed by atoms with Crippen molar-refractivity contribution in [2.75, 3.05) is 33.4 Å². The molecule has 0 spiro atoms. The van der Waals surface area contributed by atoms with Gasteiger partial charge in [0.15, 0.2) is 0 Å². The van der Waals surface area contributed by atoms with Crippen LogP contribution in [0.5, 0.6) is 5.75 Å². The van der Waals surface area contributed by atoms with E-state index in [1.54, 1.807) is 7.11 Å². The Labute approximate surface area is 156 Å². The van der Waals surface area contributed by atoms with Crippen LogP contribution in [0.1, 0.15) is 31.2 Å². The number of methoxy groups -OCH3 is 1. The summed E-state index contributed by atoms with van der Waals surface area (Å²) >= 11 is 0. The van der Waals surface area contributed by atoms with Gasteiger partial charge in [-0.25, -0.2) is 0 Å². The Morgan fingerprint density at radius 3 is 2.80 bits per heavy atom. The van der Waals surface area contributed by atoms with Crippen molar-refractivity contribution in [2.45, 2.75) is 38.3 Å². The van der Waals surface area contributed by atoms with Crippen LogP contribution in [0, 0.1) is 5.92 Å². The molecule has 1 aromatic rings. The second kappa shape index (κ2) is 10.00. The summed E-state index contributed by atoms with van der Waals surface area (Å²) in [5, 5.41) is 3.33. The van der Waals surface area contributed by atoms with Crippen LogP contribution in [0.2, 0.25) is 0 Å². The topological polar surface area (TPSA) is 50.8 Å². The Balaban J connectivity index is 0.00000225. The number of halogens is 1. The molecular weight excluding hydrogens is 340 g/mol. The van der Waals surface area contributed by atoms with Gasteiger partial charge in [0.05, 0.1) is 13.2 Å². The maximum atomic E-state index is 13.1. The molecular formula is C19H29ClN2O3. The van der Waals surface area contributed by atoms with Gasteiger partial charge < -0.3 is 19.7 Å². The molecule has 3 rings (SSSR count). The molecule has 1 atom stereocenters. The Morgan fingerprint density at radius 1 is 1.32 bits per heavy atom. The minimum atomic E-state index is 0. The van der Waals surface area contributed by atoms with Crippen molar-refractivity contribution < 1.29 is 14.3 Å². The fourth-order valence-corrected chi connectivity index (χ4v) is 3.58. The molecule has 0 bridgehead atoms. The zero-order chi connectivity index (χ0) is 16.8. The average molecular weight is 369 g/mol. The molecule has 0 aliphatic carbocycles. The predicted octanol–water partition coefficient (Wildman–Crippen LogP) is 2.62. The van der Waals surface area contributed by atoms with E-state index in [9.17, 15) is 4.79 Å². The molecule has 25 heavy (non-hydrogen) atoms. The van der Waals surface area contributed by atoms with E-state index >= 15 is 0 Å². The number of rotatable bonds is 6. The second-order valence-corrected chi connectivity index (χ2v) is 6.73. The molecule has 2 heterocycles. The third kappa shape index (κ3) is 5.59. The minimum Gasteiger partial charge on any atom is -0.497 e. The Hall–Kier alpha value is -1.30. The monoisotopic (exact) mass is 368 g/mol. The van der Waals surface area contributed by atoms with Crippen LogP contribution in [0.4, 0.5) is 0 Å². The Bertz CT molecular complexity index is 543. The van der Waals surface area contributed by atoms with E-state index in [1.807, 2.05) is 23.1 Å². The first kappa shape index (κ1) is 20.0. The van der Waals surface area contributed by atoms with Crippen molar-refractivity contribution >= 4 is 18.3 Å². The number of carbonyl (C=O) groups is 1. The fourth-order valence-electron chi connectivity index (χ4n) is 3.58. The standard InChI is InChI=1S/C19H28N2O3.ClH/c1-23-17-5-2-4-15(12-17)13-21(14-18-6-3-11-24-18)19(22)16-7-9-20-10-8-16;/h2,4-5,12,16,18,20H,3,6-11,13-14H2,1H3;1H. The van der Waals surface area contributed by atoms with Crippen molar-refractivity contribution in [1.29, 1.82) is 0 Å². The lowest BCUT2D eigenvalue weighted by Gasteiger charge is -2.31. The number of carbonyl (C=O) groups excluding carboxylic acids is 1. The summed E-state index contributed by atoms with van der Waals surface area (Å²) in [4.78, 5) is 15.1. The Kier molecular flexibility index (Phi) is 8.00. The van der Waals surface area contributed by atoms with Crippen molar-refractivity contribution in [2.24, 2.45) is 5.92 Å². The molecule has 1 N–H and O–H groups in total. The Morgan fingerprint density at radius 2 is 2.12 bits per heavy atom. The van der Waals surface area contributed by atoms with Gasteiger partial charge in [0, 0.05) is 25.6 Å². The molecule has 1 aromatic carbocycles. The largest absolute Gasteiger partial charge is 0.497 e. The van der Waals surface area contributed by atoms with Gasteiger partial charge in [0.1, 0.15) is 5.75 Å². The first-order valence-corrected chi connectivity index (χ1v) is 9.00. The number of nitrogens with zero attached hydrogens (tertiary/aromatic N) is 1. The molecule has 2 fully saturated rings. The highest BCUT2D eigenvalue weighted by atomic mass is 35.5. The van der Waals surface area contributed by atoms with E-state index in [-0.39, 0.29) is 30.3 Å². The van der Waals surface area contributed by atoms with E-state index in [0.29, 0.717) is 13.1 Å². The summed E-state index contributed by atoms with van der Waals surface area (Å²) in [6.45, 7) is 4.01. The van der Waals surface area contributed by atoms with Gasteiger partial charge in [-0.3, -0.25) is 4.79 Å². The van der Waals surface area contributed by atoms with Crippen molar-refractivity contribution in [3.63, 3.8) is 0 Å². The normalized spacial score (nSPS) is 20.8. The maximum absolute atomic E-state index is 13.1.